The Morgan fingerprint density at radius 2 is 1.43 bits per heavy atom. The summed E-state index contributed by atoms with van der Waals surface area (Å²) in [5, 5.41) is 0. The molecule has 1 aromatic rings. The molecule has 0 saturated heterocycles. The summed E-state index contributed by atoms with van der Waals surface area (Å²) in [5.74, 6) is 6.00. The zero-order valence-electron chi connectivity index (χ0n) is 14.6. The number of unbranched alkanes of at least 4 members (excludes halogenated alkanes) is 9. The Hall–Kier alpha value is -1.86. The van der Waals surface area contributed by atoms with Crippen LogP contribution in [0.3, 0.4) is 0 Å². The number of ether oxygens (including phenoxy) is 1. The lowest BCUT2D eigenvalue weighted by Crippen LogP contribution is -1.99. The topological polar surface area (TPSA) is 9.23 Å². The summed E-state index contributed by atoms with van der Waals surface area (Å²) in [6, 6.07) is 5.57. The molecule has 1 nitrogen and oxygen atoms in total. The number of hydrogen-bond donors (Lipinski definition) is 0. The predicted octanol–water partition coefficient (Wildman–Crippen LogP) is 5.95. The van der Waals surface area contributed by atoms with Crippen LogP contribution in [0.1, 0.15) is 82.3 Å². The largest absolute Gasteiger partial charge is 0.492 e. The van der Waals surface area contributed by atoms with E-state index in [0.717, 1.165) is 29.9 Å². The van der Waals surface area contributed by atoms with Gasteiger partial charge in [-0.3, -0.25) is 0 Å². The van der Waals surface area contributed by atoms with Crippen molar-refractivity contribution < 1.29 is 4.74 Å². The second kappa shape index (κ2) is 12.7. The third-order valence-electron chi connectivity index (χ3n) is 4.06. The third-order valence-corrected chi connectivity index (χ3v) is 4.06. The Labute approximate surface area is 142 Å². The normalized spacial score (nSPS) is 10.0. The molecule has 1 rings (SSSR count). The molecule has 0 unspecified atom stereocenters. The molecule has 0 radical (unpaired) electrons. The van der Waals surface area contributed by atoms with Crippen molar-refractivity contribution in [3.63, 3.8) is 0 Å². The molecule has 1 aromatic carbocycles. The lowest BCUT2D eigenvalue weighted by Gasteiger charge is -2.09. The summed E-state index contributed by atoms with van der Waals surface area (Å²) in [7, 11) is 0. The molecule has 0 aliphatic carbocycles. The first-order valence-corrected chi connectivity index (χ1v) is 9.02. The molecular weight excluding hydrogens is 280 g/mol. The van der Waals surface area contributed by atoms with Crippen molar-refractivity contribution in [1.29, 1.82) is 0 Å². The van der Waals surface area contributed by atoms with Crippen LogP contribution in [0.2, 0.25) is 0 Å². The van der Waals surface area contributed by atoms with Crippen LogP contribution in [0.15, 0.2) is 18.2 Å². The molecule has 0 fully saturated rings. The molecular formula is C22H30O. The van der Waals surface area contributed by atoms with Crippen LogP contribution in [-0.2, 0) is 0 Å². The molecule has 0 aromatic heterocycles. The minimum absolute atomic E-state index is 0.723. The molecule has 0 N–H and O–H groups in total. The van der Waals surface area contributed by atoms with E-state index >= 15 is 0 Å². The number of hydrogen-bond acceptors (Lipinski definition) is 1. The zero-order chi connectivity index (χ0) is 16.8. The first-order valence-electron chi connectivity index (χ1n) is 9.02. The van der Waals surface area contributed by atoms with E-state index in [-0.39, 0.29) is 0 Å². The highest BCUT2D eigenvalue weighted by molar-refractivity contribution is 5.50. The van der Waals surface area contributed by atoms with Gasteiger partial charge >= 0.3 is 0 Å². The van der Waals surface area contributed by atoms with Gasteiger partial charge in [-0.1, -0.05) is 76.6 Å². The molecule has 0 saturated carbocycles. The molecule has 1 heteroatoms. The maximum Gasteiger partial charge on any atom is 0.134 e. The fourth-order valence-corrected chi connectivity index (χ4v) is 2.63. The van der Waals surface area contributed by atoms with Gasteiger partial charge in [-0.05, 0) is 24.6 Å². The second-order valence-corrected chi connectivity index (χ2v) is 6.03. The average molecular weight is 310 g/mol. The Bertz CT molecular complexity index is 516. The van der Waals surface area contributed by atoms with Crippen LogP contribution in [0, 0.1) is 24.7 Å². The van der Waals surface area contributed by atoms with Gasteiger partial charge in [0.1, 0.15) is 5.75 Å². The van der Waals surface area contributed by atoms with Crippen molar-refractivity contribution in [2.75, 3.05) is 6.61 Å². The standard InChI is InChI=1S/C22H30O/c1-4-7-8-9-10-11-12-13-14-15-18-23-22-17-16-20(5-2)19-21(22)6-3/h2-3,16-17,19H,4,7-15,18H2,1H3. The summed E-state index contributed by atoms with van der Waals surface area (Å²) in [6.45, 7) is 2.98. The minimum Gasteiger partial charge on any atom is -0.492 e. The Balaban J connectivity index is 2.07. The highest BCUT2D eigenvalue weighted by Crippen LogP contribution is 2.19. The molecule has 23 heavy (non-hydrogen) atoms. The Kier molecular flexibility index (Phi) is 10.6. The van der Waals surface area contributed by atoms with Crippen molar-refractivity contribution in [3.8, 4) is 30.4 Å². The van der Waals surface area contributed by atoms with Crippen molar-refractivity contribution in [1.82, 2.24) is 0 Å². The quantitative estimate of drug-likeness (QED) is 0.342. The van der Waals surface area contributed by atoms with Gasteiger partial charge in [0.05, 0.1) is 12.2 Å². The van der Waals surface area contributed by atoms with E-state index in [1.807, 2.05) is 18.2 Å². The van der Waals surface area contributed by atoms with Crippen molar-refractivity contribution >= 4 is 0 Å². The summed E-state index contributed by atoms with van der Waals surface area (Å²) >= 11 is 0. The van der Waals surface area contributed by atoms with E-state index in [0.29, 0.717) is 0 Å². The lowest BCUT2D eigenvalue weighted by atomic mass is 10.1. The average Bonchev–Trinajstić information content (AvgIpc) is 2.59. The lowest BCUT2D eigenvalue weighted by molar-refractivity contribution is 0.303. The van der Waals surface area contributed by atoms with Gasteiger partial charge < -0.3 is 4.74 Å². The van der Waals surface area contributed by atoms with E-state index in [4.69, 9.17) is 17.6 Å². The van der Waals surface area contributed by atoms with Crippen LogP contribution in [-0.4, -0.2) is 6.61 Å². The van der Waals surface area contributed by atoms with Crippen LogP contribution >= 0.6 is 0 Å². The fourth-order valence-electron chi connectivity index (χ4n) is 2.63. The number of benzene rings is 1. The van der Waals surface area contributed by atoms with E-state index in [2.05, 4.69) is 18.8 Å². The SMILES string of the molecule is C#Cc1ccc(OCCCCCCCCCCCC)c(C#C)c1. The Morgan fingerprint density at radius 3 is 2.00 bits per heavy atom. The maximum absolute atomic E-state index is 5.79. The van der Waals surface area contributed by atoms with Gasteiger partial charge in [-0.15, -0.1) is 12.8 Å². The van der Waals surface area contributed by atoms with Crippen molar-refractivity contribution in [2.45, 2.75) is 71.1 Å². The first kappa shape index (κ1) is 19.2. The number of rotatable bonds is 12. The van der Waals surface area contributed by atoms with Gasteiger partial charge in [-0.25, -0.2) is 0 Å². The van der Waals surface area contributed by atoms with Crippen molar-refractivity contribution in [3.05, 3.63) is 29.3 Å². The molecule has 0 amide bonds. The van der Waals surface area contributed by atoms with Gasteiger partial charge in [0.15, 0.2) is 0 Å². The molecule has 0 atom stereocenters. The van der Waals surface area contributed by atoms with Crippen LogP contribution < -0.4 is 4.74 Å². The summed E-state index contributed by atoms with van der Waals surface area (Å²) < 4.78 is 5.79. The van der Waals surface area contributed by atoms with Gasteiger partial charge in [-0.2, -0.15) is 0 Å². The molecule has 124 valence electrons. The fraction of sp³-hybridized carbons (Fsp3) is 0.545. The Morgan fingerprint density at radius 1 is 0.826 bits per heavy atom. The van der Waals surface area contributed by atoms with E-state index < -0.39 is 0 Å². The van der Waals surface area contributed by atoms with Crippen LogP contribution in [0.25, 0.3) is 0 Å². The predicted molar refractivity (Wildman–Crippen MR) is 99.7 cm³/mol. The van der Waals surface area contributed by atoms with E-state index in [1.54, 1.807) is 0 Å². The highest BCUT2D eigenvalue weighted by Gasteiger charge is 2.02. The van der Waals surface area contributed by atoms with Crippen LogP contribution in [0.5, 0.6) is 5.75 Å². The summed E-state index contributed by atoms with van der Waals surface area (Å²) in [5.41, 5.74) is 1.54. The smallest absolute Gasteiger partial charge is 0.134 e. The first-order chi connectivity index (χ1) is 11.3. The maximum atomic E-state index is 5.79. The molecule has 0 heterocycles. The second-order valence-electron chi connectivity index (χ2n) is 6.03. The van der Waals surface area contributed by atoms with Gasteiger partial charge in [0.2, 0.25) is 0 Å². The van der Waals surface area contributed by atoms with Gasteiger partial charge in [0, 0.05) is 5.56 Å². The molecule has 0 aliphatic heterocycles. The molecule has 0 bridgehead atoms. The summed E-state index contributed by atoms with van der Waals surface area (Å²) in [6.07, 6.45) is 24.1. The zero-order valence-corrected chi connectivity index (χ0v) is 14.6. The molecule has 0 spiro atoms. The summed E-state index contributed by atoms with van der Waals surface area (Å²) in [4.78, 5) is 0. The molecule has 0 aliphatic rings. The highest BCUT2D eigenvalue weighted by atomic mass is 16.5. The van der Waals surface area contributed by atoms with E-state index in [1.165, 1.54) is 57.8 Å². The third kappa shape index (κ3) is 8.37. The minimum atomic E-state index is 0.723. The van der Waals surface area contributed by atoms with Crippen molar-refractivity contribution in [2.24, 2.45) is 0 Å². The van der Waals surface area contributed by atoms with Gasteiger partial charge in [0.25, 0.3) is 0 Å². The van der Waals surface area contributed by atoms with Crippen LogP contribution in [0.4, 0.5) is 0 Å². The van der Waals surface area contributed by atoms with E-state index in [9.17, 15) is 0 Å². The number of terminal acetylenes is 2. The monoisotopic (exact) mass is 310 g/mol.